The lowest BCUT2D eigenvalue weighted by atomic mass is 9.99. The van der Waals surface area contributed by atoms with Crippen LogP contribution in [-0.2, 0) is 11.8 Å². The highest BCUT2D eigenvalue weighted by Gasteiger charge is 2.25. The molecule has 0 aromatic carbocycles. The van der Waals surface area contributed by atoms with Crippen LogP contribution in [0.4, 0.5) is 0 Å². The second-order valence-corrected chi connectivity index (χ2v) is 4.79. The van der Waals surface area contributed by atoms with Crippen LogP contribution in [0.15, 0.2) is 12.4 Å². The van der Waals surface area contributed by atoms with Gasteiger partial charge in [0.2, 0.25) is 0 Å². The van der Waals surface area contributed by atoms with Gasteiger partial charge in [0.1, 0.15) is 0 Å². The third-order valence-corrected chi connectivity index (χ3v) is 3.47. The van der Waals surface area contributed by atoms with Crippen molar-refractivity contribution in [1.29, 1.82) is 0 Å². The second-order valence-electron chi connectivity index (χ2n) is 4.79. The number of aromatic nitrogens is 2. The summed E-state index contributed by atoms with van der Waals surface area (Å²) in [6.45, 7) is 9.68. The van der Waals surface area contributed by atoms with Crippen molar-refractivity contribution in [2.45, 2.75) is 39.3 Å². The normalized spacial score (nSPS) is 14.8. The lowest BCUT2D eigenvalue weighted by Gasteiger charge is -2.33. The zero-order valence-corrected chi connectivity index (χ0v) is 12.7. The first-order valence-electron chi connectivity index (χ1n) is 7.19. The van der Waals surface area contributed by atoms with E-state index in [9.17, 15) is 0 Å². The zero-order valence-electron chi connectivity index (χ0n) is 12.7. The molecule has 2 N–H and O–H groups in total. The lowest BCUT2D eigenvalue weighted by molar-refractivity contribution is 0.0888. The van der Waals surface area contributed by atoms with E-state index in [0.29, 0.717) is 0 Å². The van der Waals surface area contributed by atoms with E-state index in [0.717, 1.165) is 32.7 Å². The van der Waals surface area contributed by atoms with Crippen LogP contribution in [-0.4, -0.2) is 47.0 Å². The van der Waals surface area contributed by atoms with Crippen molar-refractivity contribution in [3.05, 3.63) is 18.0 Å². The molecule has 0 aliphatic carbocycles. The van der Waals surface area contributed by atoms with Crippen molar-refractivity contribution in [2.75, 3.05) is 26.3 Å². The summed E-state index contributed by atoms with van der Waals surface area (Å²) in [6, 6.07) is 0.329. The van der Waals surface area contributed by atoms with Gasteiger partial charge in [-0.3, -0.25) is 9.58 Å². The number of nitrogens with two attached hydrogens (primary N) is 1. The van der Waals surface area contributed by atoms with Crippen LogP contribution in [0.1, 0.15) is 38.8 Å². The SMILES string of the molecule is CCOCCN(CC)C(c1cnn(C)c1)C(N)CC. The molecule has 1 aromatic rings. The number of aryl methyl sites for hydroxylation is 1. The monoisotopic (exact) mass is 268 g/mol. The minimum Gasteiger partial charge on any atom is -0.380 e. The van der Waals surface area contributed by atoms with Crippen LogP contribution >= 0.6 is 0 Å². The van der Waals surface area contributed by atoms with E-state index in [-0.39, 0.29) is 12.1 Å². The first-order valence-corrected chi connectivity index (χ1v) is 7.19. The maximum Gasteiger partial charge on any atom is 0.0593 e. The first kappa shape index (κ1) is 16.1. The molecule has 0 fully saturated rings. The predicted octanol–water partition coefficient (Wildman–Crippen LogP) is 1.56. The summed E-state index contributed by atoms with van der Waals surface area (Å²) in [7, 11) is 1.94. The minimum absolute atomic E-state index is 0.116. The molecule has 0 spiro atoms. The second kappa shape index (κ2) is 8.30. The molecule has 1 rings (SSSR count). The molecule has 0 saturated heterocycles. The van der Waals surface area contributed by atoms with E-state index >= 15 is 0 Å². The molecule has 1 aromatic heterocycles. The van der Waals surface area contributed by atoms with Gasteiger partial charge >= 0.3 is 0 Å². The molecule has 5 heteroatoms. The predicted molar refractivity (Wildman–Crippen MR) is 78.0 cm³/mol. The zero-order chi connectivity index (χ0) is 14.3. The molecule has 0 radical (unpaired) electrons. The molecule has 0 bridgehead atoms. The molecule has 2 atom stereocenters. The third kappa shape index (κ3) is 4.60. The Kier molecular flexibility index (Phi) is 7.05. The largest absolute Gasteiger partial charge is 0.380 e. The van der Waals surface area contributed by atoms with Crippen molar-refractivity contribution in [3.63, 3.8) is 0 Å². The fourth-order valence-electron chi connectivity index (χ4n) is 2.36. The Morgan fingerprint density at radius 1 is 1.42 bits per heavy atom. The topological polar surface area (TPSA) is 56.3 Å². The number of hydrogen-bond donors (Lipinski definition) is 1. The van der Waals surface area contributed by atoms with E-state index in [1.165, 1.54) is 5.56 Å². The summed E-state index contributed by atoms with van der Waals surface area (Å²) in [5.41, 5.74) is 7.51. The number of hydrogen-bond acceptors (Lipinski definition) is 4. The van der Waals surface area contributed by atoms with Crippen LogP contribution < -0.4 is 5.73 Å². The van der Waals surface area contributed by atoms with Gasteiger partial charge in [0.05, 0.1) is 18.8 Å². The van der Waals surface area contributed by atoms with Gasteiger partial charge in [0, 0.05) is 38.0 Å². The van der Waals surface area contributed by atoms with Gasteiger partial charge < -0.3 is 10.5 Å². The molecule has 0 amide bonds. The summed E-state index contributed by atoms with van der Waals surface area (Å²) in [4.78, 5) is 2.38. The van der Waals surface area contributed by atoms with Gasteiger partial charge in [-0.2, -0.15) is 5.10 Å². The molecule has 0 saturated carbocycles. The highest BCUT2D eigenvalue weighted by atomic mass is 16.5. The van der Waals surface area contributed by atoms with Gasteiger partial charge in [-0.15, -0.1) is 0 Å². The van der Waals surface area contributed by atoms with E-state index < -0.39 is 0 Å². The summed E-state index contributed by atoms with van der Waals surface area (Å²) in [6.07, 6.45) is 4.93. The van der Waals surface area contributed by atoms with Crippen LogP contribution in [0.25, 0.3) is 0 Å². The number of likely N-dealkylation sites (N-methyl/N-ethyl adjacent to an activating group) is 1. The highest BCUT2D eigenvalue weighted by molar-refractivity contribution is 5.13. The van der Waals surface area contributed by atoms with Gasteiger partial charge in [-0.25, -0.2) is 0 Å². The fraction of sp³-hybridized carbons (Fsp3) is 0.786. The quantitative estimate of drug-likeness (QED) is 0.691. The number of ether oxygens (including phenoxy) is 1. The Labute approximate surface area is 116 Å². The third-order valence-electron chi connectivity index (χ3n) is 3.47. The van der Waals surface area contributed by atoms with Crippen molar-refractivity contribution in [2.24, 2.45) is 12.8 Å². The molecule has 2 unspecified atom stereocenters. The Bertz CT molecular complexity index is 353. The molecule has 110 valence electrons. The van der Waals surface area contributed by atoms with Crippen LogP contribution in [0.2, 0.25) is 0 Å². The van der Waals surface area contributed by atoms with Gasteiger partial charge in [-0.1, -0.05) is 13.8 Å². The molecule has 0 aliphatic heterocycles. The van der Waals surface area contributed by atoms with E-state index in [1.807, 2.05) is 24.9 Å². The van der Waals surface area contributed by atoms with Crippen LogP contribution in [0, 0.1) is 0 Å². The standard InChI is InChI=1S/C14H28N4O/c1-5-13(15)14(12-10-16-17(4)11-12)18(6-2)8-9-19-7-3/h10-11,13-14H,5-9,15H2,1-4H3. The summed E-state index contributed by atoms with van der Waals surface area (Å²) in [5, 5.41) is 4.27. The number of nitrogens with zero attached hydrogens (tertiary/aromatic N) is 3. The molecule has 19 heavy (non-hydrogen) atoms. The van der Waals surface area contributed by atoms with Crippen molar-refractivity contribution < 1.29 is 4.74 Å². The van der Waals surface area contributed by atoms with Crippen molar-refractivity contribution >= 4 is 0 Å². The van der Waals surface area contributed by atoms with Gasteiger partial charge in [-0.05, 0) is 19.9 Å². The Morgan fingerprint density at radius 3 is 2.63 bits per heavy atom. The number of rotatable bonds is 9. The van der Waals surface area contributed by atoms with Crippen LogP contribution in [0.5, 0.6) is 0 Å². The van der Waals surface area contributed by atoms with E-state index in [1.54, 1.807) is 0 Å². The Balaban J connectivity index is 2.81. The molecular formula is C14H28N4O. The van der Waals surface area contributed by atoms with E-state index in [2.05, 4.69) is 30.0 Å². The average molecular weight is 268 g/mol. The maximum atomic E-state index is 6.32. The minimum atomic E-state index is 0.116. The van der Waals surface area contributed by atoms with Crippen LogP contribution in [0.3, 0.4) is 0 Å². The molecule has 1 heterocycles. The smallest absolute Gasteiger partial charge is 0.0593 e. The van der Waals surface area contributed by atoms with Crippen molar-refractivity contribution in [1.82, 2.24) is 14.7 Å². The van der Waals surface area contributed by atoms with Gasteiger partial charge in [0.25, 0.3) is 0 Å². The summed E-state index contributed by atoms with van der Waals surface area (Å²) >= 11 is 0. The molecular weight excluding hydrogens is 240 g/mol. The fourth-order valence-corrected chi connectivity index (χ4v) is 2.36. The Morgan fingerprint density at radius 2 is 2.16 bits per heavy atom. The molecule has 5 nitrogen and oxygen atoms in total. The maximum absolute atomic E-state index is 6.32. The summed E-state index contributed by atoms with van der Waals surface area (Å²) in [5.74, 6) is 0. The Hall–Kier alpha value is -0.910. The van der Waals surface area contributed by atoms with Gasteiger partial charge in [0.15, 0.2) is 0 Å². The van der Waals surface area contributed by atoms with Crippen molar-refractivity contribution in [3.8, 4) is 0 Å². The highest BCUT2D eigenvalue weighted by Crippen LogP contribution is 2.24. The average Bonchev–Trinajstić information content (AvgIpc) is 2.83. The summed E-state index contributed by atoms with van der Waals surface area (Å²) < 4.78 is 7.30. The molecule has 0 aliphatic rings. The lowest BCUT2D eigenvalue weighted by Crippen LogP contribution is -2.42. The van der Waals surface area contributed by atoms with E-state index in [4.69, 9.17) is 10.5 Å². The first-order chi connectivity index (χ1) is 9.13.